The molecule has 0 aliphatic heterocycles. The fourth-order valence-corrected chi connectivity index (χ4v) is 9.13. The summed E-state index contributed by atoms with van der Waals surface area (Å²) in [6.45, 7) is 8.77. The highest BCUT2D eigenvalue weighted by atomic mass is 14.1. The molecule has 0 spiro atoms. The summed E-state index contributed by atoms with van der Waals surface area (Å²) in [4.78, 5) is 0. The SMILES string of the molecule is [CH2]CCCC(CCCCCCCCCCCCCCCCCCCCCCC)CCCCCCCCCCCCCCCCCCCCCCCCCC. The molecule has 0 heteroatoms. The monoisotopic (exact) mass is 758 g/mol. The highest BCUT2D eigenvalue weighted by molar-refractivity contribution is 4.63. The average molecular weight is 758 g/mol. The van der Waals surface area contributed by atoms with Crippen molar-refractivity contribution in [2.75, 3.05) is 0 Å². The lowest BCUT2D eigenvalue weighted by molar-refractivity contribution is 0.372. The van der Waals surface area contributed by atoms with Gasteiger partial charge in [-0.2, -0.15) is 0 Å². The molecule has 1 radical (unpaired) electrons. The van der Waals surface area contributed by atoms with Crippen molar-refractivity contribution in [1.29, 1.82) is 0 Å². The normalized spacial score (nSPS) is 12.3. The van der Waals surface area contributed by atoms with E-state index < -0.39 is 0 Å². The largest absolute Gasteiger partial charge is 0.0654 e. The fraction of sp³-hybridized carbons (Fsp3) is 0.981. The Bertz CT molecular complexity index is 607. The first-order chi connectivity index (χ1) is 26.8. The van der Waals surface area contributed by atoms with Crippen LogP contribution in [-0.2, 0) is 0 Å². The van der Waals surface area contributed by atoms with Crippen molar-refractivity contribution in [3.8, 4) is 0 Å². The maximum atomic E-state index is 4.14. The highest BCUT2D eigenvalue weighted by Gasteiger charge is 2.08. The third-order valence-electron chi connectivity index (χ3n) is 13.0. The molecule has 1 unspecified atom stereocenters. The van der Waals surface area contributed by atoms with Crippen molar-refractivity contribution in [3.63, 3.8) is 0 Å². The Balaban J connectivity index is 3.38. The van der Waals surface area contributed by atoms with E-state index in [9.17, 15) is 0 Å². The van der Waals surface area contributed by atoms with Crippen LogP contribution in [0.15, 0.2) is 0 Å². The zero-order valence-corrected chi connectivity index (χ0v) is 38.6. The molecule has 0 aromatic heterocycles. The van der Waals surface area contributed by atoms with Gasteiger partial charge in [-0.05, 0) is 5.92 Å². The van der Waals surface area contributed by atoms with Crippen molar-refractivity contribution in [3.05, 3.63) is 6.92 Å². The molecule has 0 rings (SSSR count). The van der Waals surface area contributed by atoms with Crippen molar-refractivity contribution in [1.82, 2.24) is 0 Å². The third-order valence-corrected chi connectivity index (χ3v) is 13.0. The van der Waals surface area contributed by atoms with Crippen LogP contribution in [0.1, 0.15) is 335 Å². The molecular formula is C54H109. The van der Waals surface area contributed by atoms with E-state index in [0.29, 0.717) is 0 Å². The number of rotatable bonds is 50. The lowest BCUT2D eigenvalue weighted by Crippen LogP contribution is -2.01. The topological polar surface area (TPSA) is 0 Å². The first-order valence-electron chi connectivity index (χ1n) is 26.6. The second kappa shape index (κ2) is 51.0. The van der Waals surface area contributed by atoms with Gasteiger partial charge in [0.2, 0.25) is 0 Å². The predicted molar refractivity (Wildman–Crippen MR) is 251 cm³/mol. The smallest absolute Gasteiger partial charge is 0.0414 e. The van der Waals surface area contributed by atoms with Crippen LogP contribution in [0.4, 0.5) is 0 Å². The molecule has 0 aromatic carbocycles. The van der Waals surface area contributed by atoms with Gasteiger partial charge in [-0.3, -0.25) is 0 Å². The molecular weight excluding hydrogens is 649 g/mol. The van der Waals surface area contributed by atoms with Gasteiger partial charge in [0.05, 0.1) is 0 Å². The van der Waals surface area contributed by atoms with E-state index in [0.717, 1.165) is 12.3 Å². The van der Waals surface area contributed by atoms with Gasteiger partial charge in [0.15, 0.2) is 0 Å². The van der Waals surface area contributed by atoms with Gasteiger partial charge in [0.25, 0.3) is 0 Å². The lowest BCUT2D eigenvalue weighted by atomic mass is 9.90. The van der Waals surface area contributed by atoms with E-state index >= 15 is 0 Å². The molecule has 0 aromatic rings. The summed E-state index contributed by atoms with van der Waals surface area (Å²) in [5, 5.41) is 0. The second-order valence-corrected chi connectivity index (χ2v) is 18.6. The Morgan fingerprint density at radius 1 is 0.204 bits per heavy atom. The van der Waals surface area contributed by atoms with Gasteiger partial charge in [-0.25, -0.2) is 0 Å². The Morgan fingerprint density at radius 2 is 0.352 bits per heavy atom. The van der Waals surface area contributed by atoms with Crippen LogP contribution in [0.3, 0.4) is 0 Å². The molecule has 325 valence electrons. The van der Waals surface area contributed by atoms with E-state index in [2.05, 4.69) is 20.8 Å². The Hall–Kier alpha value is 0. The van der Waals surface area contributed by atoms with Crippen LogP contribution in [0, 0.1) is 12.8 Å². The molecule has 0 aliphatic carbocycles. The minimum Gasteiger partial charge on any atom is -0.0654 e. The van der Waals surface area contributed by atoms with E-state index in [1.165, 1.54) is 315 Å². The first kappa shape index (κ1) is 54.0. The summed E-state index contributed by atoms with van der Waals surface area (Å²) in [5.74, 6) is 0.992. The fourth-order valence-electron chi connectivity index (χ4n) is 9.13. The van der Waals surface area contributed by atoms with Crippen LogP contribution in [0.25, 0.3) is 0 Å². The highest BCUT2D eigenvalue weighted by Crippen LogP contribution is 2.24. The van der Waals surface area contributed by atoms with E-state index in [4.69, 9.17) is 0 Å². The molecule has 0 aliphatic rings. The van der Waals surface area contributed by atoms with E-state index in [-0.39, 0.29) is 0 Å². The third kappa shape index (κ3) is 48.1. The summed E-state index contributed by atoms with van der Waals surface area (Å²) in [7, 11) is 0. The van der Waals surface area contributed by atoms with Crippen molar-refractivity contribution >= 4 is 0 Å². The zero-order chi connectivity index (χ0) is 38.9. The first-order valence-corrected chi connectivity index (χ1v) is 26.6. The quantitative estimate of drug-likeness (QED) is 0.0542. The van der Waals surface area contributed by atoms with Crippen molar-refractivity contribution < 1.29 is 0 Å². The zero-order valence-electron chi connectivity index (χ0n) is 38.6. The summed E-state index contributed by atoms with van der Waals surface area (Å²) >= 11 is 0. The summed E-state index contributed by atoms with van der Waals surface area (Å²) in [6, 6.07) is 0. The molecule has 0 heterocycles. The number of unbranched alkanes of at least 4 members (excludes halogenated alkanes) is 44. The van der Waals surface area contributed by atoms with Gasteiger partial charge in [-0.1, -0.05) is 342 Å². The van der Waals surface area contributed by atoms with Gasteiger partial charge in [-0.15, -0.1) is 0 Å². The molecule has 0 N–H and O–H groups in total. The van der Waals surface area contributed by atoms with Gasteiger partial charge < -0.3 is 0 Å². The molecule has 0 amide bonds. The Kier molecular flexibility index (Phi) is 51.0. The van der Waals surface area contributed by atoms with E-state index in [1.54, 1.807) is 0 Å². The Morgan fingerprint density at radius 3 is 0.519 bits per heavy atom. The Labute approximate surface area is 346 Å². The van der Waals surface area contributed by atoms with Crippen LogP contribution in [0.2, 0.25) is 0 Å². The van der Waals surface area contributed by atoms with E-state index in [1.807, 2.05) is 0 Å². The van der Waals surface area contributed by atoms with Gasteiger partial charge in [0.1, 0.15) is 0 Å². The summed E-state index contributed by atoms with van der Waals surface area (Å²) < 4.78 is 0. The molecule has 0 nitrogen and oxygen atoms in total. The molecule has 0 saturated heterocycles. The minimum absolute atomic E-state index is 0.992. The second-order valence-electron chi connectivity index (χ2n) is 18.6. The maximum absolute atomic E-state index is 4.14. The number of hydrogen-bond donors (Lipinski definition) is 0. The molecule has 1 atom stereocenters. The molecule has 0 saturated carbocycles. The van der Waals surface area contributed by atoms with Crippen molar-refractivity contribution in [2.45, 2.75) is 335 Å². The van der Waals surface area contributed by atoms with Crippen LogP contribution in [0.5, 0.6) is 0 Å². The average Bonchev–Trinajstić information content (AvgIpc) is 3.18. The number of hydrogen-bond acceptors (Lipinski definition) is 0. The predicted octanol–water partition coefficient (Wildman–Crippen LogP) is 21.0. The van der Waals surface area contributed by atoms with Crippen LogP contribution < -0.4 is 0 Å². The van der Waals surface area contributed by atoms with Crippen molar-refractivity contribution in [2.24, 2.45) is 5.92 Å². The maximum Gasteiger partial charge on any atom is -0.0414 e. The van der Waals surface area contributed by atoms with Crippen LogP contribution in [-0.4, -0.2) is 0 Å². The summed E-state index contributed by atoms with van der Waals surface area (Å²) in [6.07, 6.45) is 73.6. The van der Waals surface area contributed by atoms with Crippen LogP contribution >= 0.6 is 0 Å². The lowest BCUT2D eigenvalue weighted by Gasteiger charge is -2.16. The molecule has 54 heavy (non-hydrogen) atoms. The van der Waals surface area contributed by atoms with Gasteiger partial charge in [0, 0.05) is 0 Å². The van der Waals surface area contributed by atoms with Gasteiger partial charge >= 0.3 is 0 Å². The summed E-state index contributed by atoms with van der Waals surface area (Å²) in [5.41, 5.74) is 0. The molecule has 0 fully saturated rings. The minimum atomic E-state index is 0.992. The molecule has 0 bridgehead atoms. The standard InChI is InChI=1S/C54H109/c1-4-7-10-12-14-16-18-20-22-24-26-28-29-30-32-34-36-38-40-42-44-46-48-50-53-54(51-9-6-3)52-49-47-45-43-41-39-37-35-33-31-27-25-23-21-19-17-15-13-11-8-5-2/h54H,3-53H2,1-2H3.